The number of carbonyl (C=O) groups is 1. The second-order valence-electron chi connectivity index (χ2n) is 7.24. The van der Waals surface area contributed by atoms with Gasteiger partial charge < -0.3 is 24.4 Å². The van der Waals surface area contributed by atoms with Crippen LogP contribution in [0.5, 0.6) is 0 Å². The van der Waals surface area contributed by atoms with Crippen LogP contribution < -0.4 is 5.32 Å². The summed E-state index contributed by atoms with van der Waals surface area (Å²) in [6.45, 7) is 3.75. The highest BCUT2D eigenvalue weighted by molar-refractivity contribution is 14.0. The summed E-state index contributed by atoms with van der Waals surface area (Å²) >= 11 is 6.02. The summed E-state index contributed by atoms with van der Waals surface area (Å²) < 4.78 is 10.9. The molecule has 0 radical (unpaired) electrons. The Morgan fingerprint density at radius 3 is 2.74 bits per heavy atom. The van der Waals surface area contributed by atoms with E-state index in [1.165, 1.54) is 0 Å². The highest BCUT2D eigenvalue weighted by Gasteiger charge is 2.31. The lowest BCUT2D eigenvalue weighted by atomic mass is 10.2. The maximum Gasteiger partial charge on any atom is 0.251 e. The number of aliphatic imine (C=N–C) groups is 1. The van der Waals surface area contributed by atoms with Gasteiger partial charge >= 0.3 is 0 Å². The number of ether oxygens (including phenoxy) is 1. The Labute approximate surface area is 203 Å². The van der Waals surface area contributed by atoms with E-state index in [0.717, 1.165) is 24.4 Å². The molecule has 3 heterocycles. The summed E-state index contributed by atoms with van der Waals surface area (Å²) in [6.07, 6.45) is 1.52. The van der Waals surface area contributed by atoms with E-state index in [4.69, 9.17) is 20.9 Å². The van der Waals surface area contributed by atoms with Crippen molar-refractivity contribution in [3.05, 3.63) is 35.2 Å². The van der Waals surface area contributed by atoms with Crippen LogP contribution in [-0.4, -0.2) is 77.7 Å². The molecule has 1 atom stereocenters. The zero-order valence-electron chi connectivity index (χ0n) is 17.3. The largest absolute Gasteiger partial charge is 0.368 e. The predicted octanol–water partition coefficient (Wildman–Crippen LogP) is 2.41. The van der Waals surface area contributed by atoms with Gasteiger partial charge in [-0.15, -0.1) is 24.0 Å². The number of nitrogens with zero attached hydrogens (tertiary/aromatic N) is 5. The van der Waals surface area contributed by atoms with E-state index < -0.39 is 0 Å². The number of nitrogens with one attached hydrogen (secondary N) is 1. The summed E-state index contributed by atoms with van der Waals surface area (Å²) in [5, 5.41) is 7.89. The number of hydrogen-bond acceptors (Lipinski definition) is 6. The fourth-order valence-electron chi connectivity index (χ4n) is 3.67. The summed E-state index contributed by atoms with van der Waals surface area (Å²) in [5.74, 6) is 1.79. The van der Waals surface area contributed by atoms with Gasteiger partial charge in [-0.25, -0.2) is 0 Å². The van der Waals surface area contributed by atoms with E-state index in [-0.39, 0.29) is 36.0 Å². The first-order chi connectivity index (χ1) is 14.6. The van der Waals surface area contributed by atoms with Crippen LogP contribution in [0, 0.1) is 0 Å². The van der Waals surface area contributed by atoms with Crippen molar-refractivity contribution in [1.82, 2.24) is 25.3 Å². The standard InChI is InChI=1S/C20H25ClN6O3.HI/c1-22-20(27-9-7-26(8-10-27)19(28)16-6-3-11-29-16)23-13-17-24-18(25-30-17)14-4-2-5-15(21)12-14;/h2,4-5,12,16H,3,6-11,13H2,1H3,(H,22,23);1H. The number of amides is 1. The van der Waals surface area contributed by atoms with Crippen molar-refractivity contribution in [2.45, 2.75) is 25.5 Å². The molecule has 1 aromatic carbocycles. The van der Waals surface area contributed by atoms with E-state index in [9.17, 15) is 4.79 Å². The van der Waals surface area contributed by atoms with Gasteiger partial charge in [-0.1, -0.05) is 28.9 Å². The smallest absolute Gasteiger partial charge is 0.251 e. The second-order valence-corrected chi connectivity index (χ2v) is 7.67. The van der Waals surface area contributed by atoms with Gasteiger partial charge in [-0.2, -0.15) is 4.98 Å². The van der Waals surface area contributed by atoms with Crippen LogP contribution in [0.3, 0.4) is 0 Å². The second kappa shape index (κ2) is 11.1. The first-order valence-corrected chi connectivity index (χ1v) is 10.5. The molecule has 1 unspecified atom stereocenters. The minimum atomic E-state index is -0.264. The molecule has 2 aliphatic heterocycles. The summed E-state index contributed by atoms with van der Waals surface area (Å²) in [5.41, 5.74) is 0.800. The van der Waals surface area contributed by atoms with Crippen molar-refractivity contribution in [1.29, 1.82) is 0 Å². The van der Waals surface area contributed by atoms with Crippen molar-refractivity contribution in [2.75, 3.05) is 39.8 Å². The molecule has 0 bridgehead atoms. The molecule has 2 fully saturated rings. The lowest BCUT2D eigenvalue weighted by Gasteiger charge is -2.37. The molecule has 1 N–H and O–H groups in total. The van der Waals surface area contributed by atoms with Crippen LogP contribution in [0.1, 0.15) is 18.7 Å². The number of carbonyl (C=O) groups excluding carboxylic acids is 1. The van der Waals surface area contributed by atoms with E-state index in [0.29, 0.717) is 56.1 Å². The minimum Gasteiger partial charge on any atom is -0.368 e. The van der Waals surface area contributed by atoms with Crippen LogP contribution in [-0.2, 0) is 16.1 Å². The van der Waals surface area contributed by atoms with Crippen molar-refractivity contribution in [3.63, 3.8) is 0 Å². The lowest BCUT2D eigenvalue weighted by molar-refractivity contribution is -0.142. The molecular formula is C20H26ClIN6O3. The normalized spacial score (nSPS) is 19.3. The number of piperazine rings is 1. The number of hydrogen-bond donors (Lipinski definition) is 1. The Bertz CT molecular complexity index is 910. The minimum absolute atomic E-state index is 0. The molecule has 2 saturated heterocycles. The summed E-state index contributed by atoms with van der Waals surface area (Å²) in [6, 6.07) is 7.31. The van der Waals surface area contributed by atoms with Crippen LogP contribution in [0.2, 0.25) is 5.02 Å². The topological polar surface area (TPSA) is 96.1 Å². The molecule has 9 nitrogen and oxygen atoms in total. The third-order valence-corrected chi connectivity index (χ3v) is 5.49. The molecule has 0 saturated carbocycles. The van der Waals surface area contributed by atoms with Crippen molar-refractivity contribution < 1.29 is 14.1 Å². The quantitative estimate of drug-likeness (QED) is 0.349. The highest BCUT2D eigenvalue weighted by Crippen LogP contribution is 2.20. The van der Waals surface area contributed by atoms with Crippen molar-refractivity contribution in [2.24, 2.45) is 4.99 Å². The zero-order valence-corrected chi connectivity index (χ0v) is 20.4. The van der Waals surface area contributed by atoms with Gasteiger partial charge in [0.15, 0.2) is 5.96 Å². The van der Waals surface area contributed by atoms with Gasteiger partial charge in [-0.05, 0) is 25.0 Å². The lowest BCUT2D eigenvalue weighted by Crippen LogP contribution is -2.55. The molecule has 0 aliphatic carbocycles. The van der Waals surface area contributed by atoms with E-state index >= 15 is 0 Å². The van der Waals surface area contributed by atoms with E-state index in [1.54, 1.807) is 19.2 Å². The van der Waals surface area contributed by atoms with Crippen LogP contribution in [0.15, 0.2) is 33.8 Å². The Hall–Kier alpha value is -1.92. The Balaban J connectivity index is 0.00000272. The molecular weight excluding hydrogens is 535 g/mol. The number of benzene rings is 1. The fraction of sp³-hybridized carbons (Fsp3) is 0.500. The fourth-order valence-corrected chi connectivity index (χ4v) is 3.86. The molecule has 0 spiro atoms. The number of aromatic nitrogens is 2. The summed E-state index contributed by atoms with van der Waals surface area (Å²) in [7, 11) is 1.73. The third-order valence-electron chi connectivity index (χ3n) is 5.26. The first kappa shape index (κ1) is 23.7. The number of halogens is 2. The first-order valence-electron chi connectivity index (χ1n) is 10.1. The Morgan fingerprint density at radius 1 is 1.29 bits per heavy atom. The van der Waals surface area contributed by atoms with Crippen molar-refractivity contribution in [3.8, 4) is 11.4 Å². The monoisotopic (exact) mass is 560 g/mol. The molecule has 4 rings (SSSR count). The maximum absolute atomic E-state index is 12.5. The SMILES string of the molecule is CN=C(NCc1nc(-c2cccc(Cl)c2)no1)N1CCN(C(=O)C2CCCO2)CC1.I. The van der Waals surface area contributed by atoms with E-state index in [2.05, 4.69) is 25.3 Å². The van der Waals surface area contributed by atoms with E-state index in [1.807, 2.05) is 17.0 Å². The number of rotatable bonds is 4. The Kier molecular flexibility index (Phi) is 8.50. The Morgan fingerprint density at radius 2 is 2.06 bits per heavy atom. The van der Waals surface area contributed by atoms with Crippen LogP contribution in [0.4, 0.5) is 0 Å². The molecule has 31 heavy (non-hydrogen) atoms. The molecule has 2 aromatic rings. The maximum atomic E-state index is 12.5. The summed E-state index contributed by atoms with van der Waals surface area (Å²) in [4.78, 5) is 25.3. The molecule has 1 amide bonds. The molecule has 11 heteroatoms. The zero-order chi connectivity index (χ0) is 20.9. The van der Waals surface area contributed by atoms with Gasteiger partial charge in [0.2, 0.25) is 11.7 Å². The molecule has 168 valence electrons. The average Bonchev–Trinajstić information content (AvgIpc) is 3.47. The van der Waals surface area contributed by atoms with Gasteiger partial charge in [0.25, 0.3) is 5.91 Å². The third kappa shape index (κ3) is 5.86. The molecule has 1 aromatic heterocycles. The van der Waals surface area contributed by atoms with Gasteiger partial charge in [0, 0.05) is 50.4 Å². The van der Waals surface area contributed by atoms with Gasteiger partial charge in [0.1, 0.15) is 6.10 Å². The van der Waals surface area contributed by atoms with Crippen molar-refractivity contribution >= 4 is 47.4 Å². The number of guanidine groups is 1. The highest BCUT2D eigenvalue weighted by atomic mass is 127. The van der Waals surface area contributed by atoms with Gasteiger partial charge in [-0.3, -0.25) is 9.79 Å². The molecule has 2 aliphatic rings. The predicted molar refractivity (Wildman–Crippen MR) is 127 cm³/mol. The van der Waals surface area contributed by atoms with Gasteiger partial charge in [0.05, 0.1) is 6.54 Å². The van der Waals surface area contributed by atoms with Crippen LogP contribution >= 0.6 is 35.6 Å². The van der Waals surface area contributed by atoms with Crippen LogP contribution in [0.25, 0.3) is 11.4 Å². The average molecular weight is 561 g/mol.